The van der Waals surface area contributed by atoms with E-state index in [0.29, 0.717) is 0 Å². The Bertz CT molecular complexity index is 723. The second-order valence-corrected chi connectivity index (χ2v) is 5.95. The zero-order chi connectivity index (χ0) is 14.5. The van der Waals surface area contributed by atoms with Crippen molar-refractivity contribution in [1.82, 2.24) is 20.5 Å². The van der Waals surface area contributed by atoms with E-state index in [2.05, 4.69) is 39.6 Å². The van der Waals surface area contributed by atoms with Crippen molar-refractivity contribution in [3.05, 3.63) is 41.4 Å². The van der Waals surface area contributed by atoms with Gasteiger partial charge in [0.05, 0.1) is 5.52 Å². The molecule has 0 aliphatic rings. The fourth-order valence-corrected chi connectivity index (χ4v) is 2.95. The van der Waals surface area contributed by atoms with Crippen LogP contribution in [0.15, 0.2) is 36.4 Å². The summed E-state index contributed by atoms with van der Waals surface area (Å²) in [6, 6.07) is 12.2. The van der Waals surface area contributed by atoms with E-state index >= 15 is 0 Å². The third-order valence-corrected chi connectivity index (χ3v) is 4.23. The zero-order valence-electron chi connectivity index (χ0n) is 12.0. The Kier molecular flexibility index (Phi) is 4.52. The minimum atomic E-state index is 0.895. The molecule has 0 atom stereocenters. The number of pyridine rings is 1. The molecule has 21 heavy (non-hydrogen) atoms. The third kappa shape index (κ3) is 3.43. The highest BCUT2D eigenvalue weighted by Gasteiger charge is 2.08. The quantitative estimate of drug-likeness (QED) is 0.709. The molecule has 0 unspecified atom stereocenters. The molecular weight excluding hydrogens is 280 g/mol. The van der Waals surface area contributed by atoms with Gasteiger partial charge >= 0.3 is 0 Å². The molecule has 0 bridgehead atoms. The smallest absolute Gasteiger partial charge is 0.166 e. The van der Waals surface area contributed by atoms with E-state index in [1.165, 1.54) is 0 Å². The average molecular weight is 298 g/mol. The lowest BCUT2D eigenvalue weighted by atomic mass is 10.2. The lowest BCUT2D eigenvalue weighted by Crippen LogP contribution is -2.17. The van der Waals surface area contributed by atoms with Gasteiger partial charge in [0.2, 0.25) is 0 Å². The Labute approximate surface area is 128 Å². The molecule has 2 heterocycles. The Morgan fingerprint density at radius 3 is 2.86 bits per heavy atom. The van der Waals surface area contributed by atoms with Gasteiger partial charge in [0.25, 0.3) is 0 Å². The van der Waals surface area contributed by atoms with E-state index < -0.39 is 0 Å². The van der Waals surface area contributed by atoms with E-state index in [1.54, 1.807) is 11.3 Å². The van der Waals surface area contributed by atoms with Crippen LogP contribution in [0.4, 0.5) is 0 Å². The molecule has 0 aliphatic heterocycles. The Morgan fingerprint density at radius 1 is 1.05 bits per heavy atom. The van der Waals surface area contributed by atoms with Crippen LogP contribution >= 0.6 is 11.3 Å². The Morgan fingerprint density at radius 2 is 1.95 bits per heavy atom. The number of nitrogens with zero attached hydrogens (tertiary/aromatic N) is 3. The molecular formula is C16H18N4S. The molecule has 0 spiro atoms. The number of hydrogen-bond donors (Lipinski definition) is 1. The van der Waals surface area contributed by atoms with E-state index in [9.17, 15) is 0 Å². The van der Waals surface area contributed by atoms with Crippen molar-refractivity contribution in [3.8, 4) is 10.7 Å². The second kappa shape index (κ2) is 6.74. The van der Waals surface area contributed by atoms with Crippen molar-refractivity contribution < 1.29 is 0 Å². The summed E-state index contributed by atoms with van der Waals surface area (Å²) in [5.41, 5.74) is 1.90. The minimum absolute atomic E-state index is 0.895. The van der Waals surface area contributed by atoms with Crippen molar-refractivity contribution in [2.24, 2.45) is 0 Å². The summed E-state index contributed by atoms with van der Waals surface area (Å²) >= 11 is 1.63. The molecule has 0 saturated heterocycles. The number of hydrogen-bond acceptors (Lipinski definition) is 5. The normalized spacial score (nSPS) is 11.1. The minimum Gasteiger partial charge on any atom is -0.316 e. The molecule has 5 heteroatoms. The average Bonchev–Trinajstić information content (AvgIpc) is 3.00. The number of aromatic nitrogens is 3. The van der Waals surface area contributed by atoms with Gasteiger partial charge in [0.1, 0.15) is 10.7 Å². The Balaban J connectivity index is 1.75. The first-order chi connectivity index (χ1) is 10.4. The lowest BCUT2D eigenvalue weighted by Gasteiger charge is -1.99. The van der Waals surface area contributed by atoms with Gasteiger partial charge < -0.3 is 5.32 Å². The van der Waals surface area contributed by atoms with Crippen molar-refractivity contribution in [2.75, 3.05) is 13.1 Å². The molecule has 0 amide bonds. The summed E-state index contributed by atoms with van der Waals surface area (Å²) < 4.78 is 0. The van der Waals surface area contributed by atoms with Crippen LogP contribution in [0.5, 0.6) is 0 Å². The number of para-hydroxylation sites is 1. The monoisotopic (exact) mass is 298 g/mol. The van der Waals surface area contributed by atoms with Crippen LogP contribution in [0.1, 0.15) is 18.4 Å². The maximum absolute atomic E-state index is 4.66. The molecule has 3 aromatic rings. The van der Waals surface area contributed by atoms with Crippen LogP contribution in [-0.2, 0) is 6.42 Å². The molecule has 108 valence electrons. The summed E-state index contributed by atoms with van der Waals surface area (Å²) in [6.45, 7) is 4.17. The molecule has 0 saturated carbocycles. The second-order valence-electron chi connectivity index (χ2n) is 4.89. The molecule has 2 aromatic heterocycles. The third-order valence-electron chi connectivity index (χ3n) is 3.23. The van der Waals surface area contributed by atoms with Crippen LogP contribution in [0.25, 0.3) is 21.6 Å². The standard InChI is InChI=1S/C16H18N4S/c1-2-10-17-11-9-15-19-20-16(21-15)14-8-7-12-5-3-4-6-13(12)18-14/h3-8,17H,2,9-11H2,1H3. The van der Waals surface area contributed by atoms with Gasteiger partial charge in [-0.2, -0.15) is 0 Å². The first kappa shape index (κ1) is 14.1. The van der Waals surface area contributed by atoms with E-state index in [-0.39, 0.29) is 0 Å². The summed E-state index contributed by atoms with van der Waals surface area (Å²) in [4.78, 5) is 4.66. The van der Waals surface area contributed by atoms with Crippen LogP contribution in [-0.4, -0.2) is 28.3 Å². The van der Waals surface area contributed by atoms with Gasteiger partial charge in [0.15, 0.2) is 5.01 Å². The molecule has 0 fully saturated rings. The zero-order valence-corrected chi connectivity index (χ0v) is 12.9. The van der Waals surface area contributed by atoms with E-state index in [4.69, 9.17) is 0 Å². The van der Waals surface area contributed by atoms with Crippen LogP contribution in [0.3, 0.4) is 0 Å². The van der Waals surface area contributed by atoms with Gasteiger partial charge in [-0.1, -0.05) is 42.5 Å². The van der Waals surface area contributed by atoms with Gasteiger partial charge in [0, 0.05) is 18.4 Å². The molecule has 3 rings (SSSR count). The fraction of sp³-hybridized carbons (Fsp3) is 0.312. The SMILES string of the molecule is CCCNCCc1nnc(-c2ccc3ccccc3n2)s1. The van der Waals surface area contributed by atoms with Crippen LogP contribution < -0.4 is 5.32 Å². The van der Waals surface area contributed by atoms with Crippen LogP contribution in [0, 0.1) is 0 Å². The van der Waals surface area contributed by atoms with Crippen molar-refractivity contribution in [2.45, 2.75) is 19.8 Å². The topological polar surface area (TPSA) is 50.7 Å². The van der Waals surface area contributed by atoms with Crippen molar-refractivity contribution >= 4 is 22.2 Å². The van der Waals surface area contributed by atoms with Gasteiger partial charge in [-0.15, -0.1) is 10.2 Å². The highest BCUT2D eigenvalue weighted by atomic mass is 32.1. The van der Waals surface area contributed by atoms with E-state index in [1.807, 2.05) is 24.3 Å². The first-order valence-electron chi connectivity index (χ1n) is 7.26. The summed E-state index contributed by atoms with van der Waals surface area (Å²) in [5, 5.41) is 15.0. The summed E-state index contributed by atoms with van der Waals surface area (Å²) in [6.07, 6.45) is 2.08. The van der Waals surface area contributed by atoms with Crippen molar-refractivity contribution in [1.29, 1.82) is 0 Å². The van der Waals surface area contributed by atoms with Crippen LogP contribution in [0.2, 0.25) is 0 Å². The molecule has 4 nitrogen and oxygen atoms in total. The van der Waals surface area contributed by atoms with Crippen molar-refractivity contribution in [3.63, 3.8) is 0 Å². The fourth-order valence-electron chi connectivity index (χ4n) is 2.14. The van der Waals surface area contributed by atoms with E-state index in [0.717, 1.165) is 52.5 Å². The molecule has 0 aliphatic carbocycles. The lowest BCUT2D eigenvalue weighted by molar-refractivity contribution is 0.668. The first-order valence-corrected chi connectivity index (χ1v) is 8.07. The predicted octanol–water partition coefficient (Wildman–Crippen LogP) is 3.30. The maximum atomic E-state index is 4.66. The number of fused-ring (bicyclic) bond motifs is 1. The van der Waals surface area contributed by atoms with Gasteiger partial charge in [-0.25, -0.2) is 4.98 Å². The van der Waals surface area contributed by atoms with Gasteiger partial charge in [-0.05, 0) is 25.1 Å². The highest BCUT2D eigenvalue weighted by Crippen LogP contribution is 2.24. The number of nitrogens with one attached hydrogen (secondary N) is 1. The summed E-state index contributed by atoms with van der Waals surface area (Å²) in [5.74, 6) is 0. The molecule has 1 aromatic carbocycles. The Hall–Kier alpha value is -1.85. The maximum Gasteiger partial charge on any atom is 0.166 e. The molecule has 0 radical (unpaired) electrons. The number of rotatable bonds is 6. The largest absolute Gasteiger partial charge is 0.316 e. The predicted molar refractivity (Wildman–Crippen MR) is 87.5 cm³/mol. The molecule has 1 N–H and O–H groups in total. The highest BCUT2D eigenvalue weighted by molar-refractivity contribution is 7.14. The number of benzene rings is 1. The van der Waals surface area contributed by atoms with Gasteiger partial charge in [-0.3, -0.25) is 0 Å². The summed E-state index contributed by atoms with van der Waals surface area (Å²) in [7, 11) is 0.